The summed E-state index contributed by atoms with van der Waals surface area (Å²) in [6.45, 7) is 0. The number of fused-ring (bicyclic) bond motifs is 11. The van der Waals surface area contributed by atoms with Crippen molar-refractivity contribution in [3.05, 3.63) is 170 Å². The van der Waals surface area contributed by atoms with Gasteiger partial charge < -0.3 is 18.3 Å². The minimum Gasteiger partial charge on any atom is -0.456 e. The summed E-state index contributed by atoms with van der Waals surface area (Å²) in [7, 11) is 0. The van der Waals surface area contributed by atoms with Crippen molar-refractivity contribution in [3.8, 4) is 5.69 Å². The monoisotopic (exact) mass is 640 g/mol. The molecule has 4 heteroatoms. The highest BCUT2D eigenvalue weighted by atomic mass is 16.3. The number of furan rings is 2. The zero-order chi connectivity index (χ0) is 32.8. The van der Waals surface area contributed by atoms with E-state index in [2.05, 4.69) is 167 Å². The van der Waals surface area contributed by atoms with Crippen molar-refractivity contribution in [1.82, 2.24) is 4.57 Å². The van der Waals surface area contributed by atoms with Gasteiger partial charge in [-0.15, -0.1) is 0 Å². The minimum atomic E-state index is 0.858. The van der Waals surface area contributed by atoms with Crippen LogP contribution < -0.4 is 4.90 Å². The molecule has 0 unspecified atom stereocenters. The fourth-order valence-corrected chi connectivity index (χ4v) is 7.93. The molecule has 50 heavy (non-hydrogen) atoms. The van der Waals surface area contributed by atoms with E-state index in [1.54, 1.807) is 0 Å². The molecule has 0 amide bonds. The molecule has 0 radical (unpaired) electrons. The highest BCUT2D eigenvalue weighted by molar-refractivity contribution is 6.19. The van der Waals surface area contributed by atoms with E-state index >= 15 is 0 Å². The first kappa shape index (κ1) is 27.2. The standard InChI is InChI=1S/C46H28N2O2/c1-2-11-30(12-3-1)48-40-16-8-6-14-35(40)38-26-31(20-23-41(38)48)47(33-19-22-37-36-15-7-9-17-42(36)50-45(37)28-33)32-21-25-43-39(27-32)46-34-13-5-4-10-29(34)18-24-44(46)49-43/h1-28H. The van der Waals surface area contributed by atoms with Gasteiger partial charge in [-0.1, -0.05) is 84.9 Å². The fourth-order valence-electron chi connectivity index (χ4n) is 7.93. The molecule has 0 aliphatic heterocycles. The van der Waals surface area contributed by atoms with Gasteiger partial charge in [-0.25, -0.2) is 0 Å². The van der Waals surface area contributed by atoms with Crippen LogP contribution in [0.25, 0.3) is 82.1 Å². The van der Waals surface area contributed by atoms with E-state index in [1.165, 1.54) is 27.1 Å². The zero-order valence-corrected chi connectivity index (χ0v) is 26.9. The summed E-state index contributed by atoms with van der Waals surface area (Å²) in [5.41, 5.74) is 10.1. The first-order valence-corrected chi connectivity index (χ1v) is 16.9. The molecule has 0 saturated heterocycles. The quantitative estimate of drug-likeness (QED) is 0.192. The first-order chi connectivity index (χ1) is 24.8. The maximum Gasteiger partial charge on any atom is 0.137 e. The Balaban J connectivity index is 1.19. The van der Waals surface area contributed by atoms with Crippen LogP contribution in [0.5, 0.6) is 0 Å². The van der Waals surface area contributed by atoms with E-state index in [4.69, 9.17) is 8.83 Å². The largest absolute Gasteiger partial charge is 0.456 e. The summed E-state index contributed by atoms with van der Waals surface area (Å²) >= 11 is 0. The van der Waals surface area contributed by atoms with Gasteiger partial charge in [-0.05, 0) is 89.6 Å². The predicted molar refractivity (Wildman–Crippen MR) is 208 cm³/mol. The second-order valence-corrected chi connectivity index (χ2v) is 12.9. The van der Waals surface area contributed by atoms with Crippen molar-refractivity contribution in [3.63, 3.8) is 0 Å². The summed E-state index contributed by atoms with van der Waals surface area (Å²) < 4.78 is 15.2. The lowest BCUT2D eigenvalue weighted by molar-refractivity contribution is 0.668. The number of anilines is 3. The molecule has 0 saturated carbocycles. The van der Waals surface area contributed by atoms with Crippen LogP contribution >= 0.6 is 0 Å². The molecule has 234 valence electrons. The summed E-state index contributed by atoms with van der Waals surface area (Å²) in [5.74, 6) is 0. The summed E-state index contributed by atoms with van der Waals surface area (Å²) in [5, 5.41) is 9.23. The van der Waals surface area contributed by atoms with Crippen LogP contribution in [0.1, 0.15) is 0 Å². The van der Waals surface area contributed by atoms with Gasteiger partial charge >= 0.3 is 0 Å². The number of benzene rings is 8. The molecule has 8 aromatic carbocycles. The number of hydrogen-bond donors (Lipinski definition) is 0. The predicted octanol–water partition coefficient (Wildman–Crippen LogP) is 13.2. The van der Waals surface area contributed by atoms with Crippen LogP contribution in [0.4, 0.5) is 17.1 Å². The normalized spacial score (nSPS) is 12.0. The van der Waals surface area contributed by atoms with Crippen molar-refractivity contribution < 1.29 is 8.83 Å². The van der Waals surface area contributed by atoms with Crippen LogP contribution in [0.3, 0.4) is 0 Å². The maximum atomic E-state index is 6.41. The molecule has 4 nitrogen and oxygen atoms in total. The SMILES string of the molecule is c1ccc(-n2c3ccccc3c3cc(N(c4ccc5c(c4)oc4ccccc45)c4ccc5oc6ccc7ccccc7c6c5c4)ccc32)cc1. The summed E-state index contributed by atoms with van der Waals surface area (Å²) in [6, 6.07) is 60.2. The molecule has 3 heterocycles. The Labute approximate surface area is 286 Å². The van der Waals surface area contributed by atoms with E-state index < -0.39 is 0 Å². The number of aromatic nitrogens is 1. The highest BCUT2D eigenvalue weighted by Gasteiger charge is 2.20. The Morgan fingerprint density at radius 3 is 1.86 bits per heavy atom. The minimum absolute atomic E-state index is 0.858. The molecule has 3 aromatic heterocycles. The smallest absolute Gasteiger partial charge is 0.137 e. The van der Waals surface area contributed by atoms with E-state index in [0.29, 0.717) is 0 Å². The van der Waals surface area contributed by atoms with Crippen molar-refractivity contribution in [2.24, 2.45) is 0 Å². The van der Waals surface area contributed by atoms with Crippen molar-refractivity contribution in [2.45, 2.75) is 0 Å². The van der Waals surface area contributed by atoms with Crippen LogP contribution in [-0.2, 0) is 0 Å². The third-order valence-corrected chi connectivity index (χ3v) is 10.2. The fraction of sp³-hybridized carbons (Fsp3) is 0. The molecule has 11 aromatic rings. The van der Waals surface area contributed by atoms with Gasteiger partial charge in [0.1, 0.15) is 22.3 Å². The average molecular weight is 641 g/mol. The Morgan fingerprint density at radius 2 is 0.960 bits per heavy atom. The average Bonchev–Trinajstić information content (AvgIpc) is 3.84. The Kier molecular flexibility index (Phi) is 5.63. The Bertz CT molecular complexity index is 3110. The Morgan fingerprint density at radius 1 is 0.360 bits per heavy atom. The van der Waals surface area contributed by atoms with E-state index in [-0.39, 0.29) is 0 Å². The van der Waals surface area contributed by atoms with Gasteiger partial charge in [0, 0.05) is 61.1 Å². The topological polar surface area (TPSA) is 34.5 Å². The highest BCUT2D eigenvalue weighted by Crippen LogP contribution is 2.44. The first-order valence-electron chi connectivity index (χ1n) is 16.9. The molecule has 0 aliphatic rings. The van der Waals surface area contributed by atoms with Crippen molar-refractivity contribution in [2.75, 3.05) is 4.90 Å². The second-order valence-electron chi connectivity index (χ2n) is 12.9. The third kappa shape index (κ3) is 3.93. The summed E-state index contributed by atoms with van der Waals surface area (Å²) in [4.78, 5) is 2.34. The van der Waals surface area contributed by atoms with Gasteiger partial charge in [0.05, 0.1) is 11.0 Å². The molecule has 11 rings (SSSR count). The van der Waals surface area contributed by atoms with Crippen LogP contribution in [0, 0.1) is 0 Å². The molecule has 0 N–H and O–H groups in total. The maximum absolute atomic E-state index is 6.41. The summed E-state index contributed by atoms with van der Waals surface area (Å²) in [6.07, 6.45) is 0. The second kappa shape index (κ2) is 10.4. The van der Waals surface area contributed by atoms with Crippen molar-refractivity contribution >= 4 is 93.5 Å². The van der Waals surface area contributed by atoms with Crippen LogP contribution in [0.15, 0.2) is 179 Å². The van der Waals surface area contributed by atoms with Crippen LogP contribution in [0.2, 0.25) is 0 Å². The van der Waals surface area contributed by atoms with E-state index in [9.17, 15) is 0 Å². The van der Waals surface area contributed by atoms with Gasteiger partial charge in [0.15, 0.2) is 0 Å². The van der Waals surface area contributed by atoms with E-state index in [0.717, 1.165) is 72.1 Å². The number of hydrogen-bond acceptors (Lipinski definition) is 3. The lowest BCUT2D eigenvalue weighted by Crippen LogP contribution is -2.09. The van der Waals surface area contributed by atoms with Crippen LogP contribution in [-0.4, -0.2) is 4.57 Å². The number of nitrogens with zero attached hydrogens (tertiary/aromatic N) is 2. The lowest BCUT2D eigenvalue weighted by Gasteiger charge is -2.26. The van der Waals surface area contributed by atoms with Gasteiger partial charge in [0.25, 0.3) is 0 Å². The van der Waals surface area contributed by atoms with Gasteiger partial charge in [-0.3, -0.25) is 0 Å². The molecule has 0 atom stereocenters. The zero-order valence-electron chi connectivity index (χ0n) is 26.9. The lowest BCUT2D eigenvalue weighted by atomic mass is 10.0. The van der Waals surface area contributed by atoms with E-state index in [1.807, 2.05) is 12.1 Å². The molecule has 0 fully saturated rings. The molecular formula is C46H28N2O2. The molecular weight excluding hydrogens is 613 g/mol. The van der Waals surface area contributed by atoms with Crippen molar-refractivity contribution in [1.29, 1.82) is 0 Å². The molecule has 0 aliphatic carbocycles. The number of rotatable bonds is 4. The molecule has 0 spiro atoms. The Hall–Kier alpha value is -6.78. The number of para-hydroxylation sites is 3. The van der Waals surface area contributed by atoms with Gasteiger partial charge in [0.2, 0.25) is 0 Å². The third-order valence-electron chi connectivity index (χ3n) is 10.2. The molecule has 0 bridgehead atoms. The van der Waals surface area contributed by atoms with Gasteiger partial charge in [-0.2, -0.15) is 0 Å².